The largest absolute Gasteiger partial charge is 0.368 e. The molecule has 4 heteroatoms. The van der Waals surface area contributed by atoms with Crippen molar-refractivity contribution >= 4 is 11.8 Å². The van der Waals surface area contributed by atoms with E-state index < -0.39 is 0 Å². The van der Waals surface area contributed by atoms with E-state index in [-0.39, 0.29) is 5.96 Å². The fourth-order valence-corrected chi connectivity index (χ4v) is 0.708. The molecule has 0 saturated heterocycles. The highest BCUT2D eigenvalue weighted by Crippen LogP contribution is 2.07. The van der Waals surface area contributed by atoms with Crippen LogP contribution in [0.1, 0.15) is 5.56 Å². The Morgan fingerprint density at radius 2 is 2.45 bits per heavy atom. The van der Waals surface area contributed by atoms with Crippen molar-refractivity contribution in [1.82, 2.24) is 10.3 Å². The third-order valence-electron chi connectivity index (χ3n) is 1.21. The first kappa shape index (κ1) is 7.53. The number of nitrogens with one attached hydrogen (secondary N) is 1. The van der Waals surface area contributed by atoms with Crippen molar-refractivity contribution in [2.45, 2.75) is 6.92 Å². The Labute approximate surface area is 65.0 Å². The van der Waals surface area contributed by atoms with E-state index in [1.807, 2.05) is 19.1 Å². The highest BCUT2D eigenvalue weighted by molar-refractivity contribution is 5.78. The zero-order valence-electron chi connectivity index (χ0n) is 6.20. The molecule has 1 aromatic rings. The fraction of sp³-hybridized carbons (Fsp3) is 0.143. The molecule has 1 aromatic heterocycles. The van der Waals surface area contributed by atoms with Gasteiger partial charge in [0, 0.05) is 6.20 Å². The van der Waals surface area contributed by atoms with Crippen molar-refractivity contribution in [3.05, 3.63) is 23.9 Å². The van der Waals surface area contributed by atoms with Crippen molar-refractivity contribution in [3.63, 3.8) is 0 Å². The van der Waals surface area contributed by atoms with E-state index in [1.165, 1.54) is 0 Å². The molecule has 3 N–H and O–H groups in total. The first-order valence-electron chi connectivity index (χ1n) is 3.17. The van der Waals surface area contributed by atoms with Crippen LogP contribution in [0.5, 0.6) is 0 Å². The Hall–Kier alpha value is -1.58. The van der Waals surface area contributed by atoms with Gasteiger partial charge in [-0.25, -0.2) is 4.98 Å². The van der Waals surface area contributed by atoms with Crippen LogP contribution < -0.4 is 11.1 Å². The third kappa shape index (κ3) is 1.93. The molecule has 4 nitrogen and oxygen atoms in total. The van der Waals surface area contributed by atoms with Gasteiger partial charge in [-0.2, -0.15) is 5.32 Å². The van der Waals surface area contributed by atoms with Crippen LogP contribution in [0, 0.1) is 12.3 Å². The highest BCUT2D eigenvalue weighted by Gasteiger charge is 1.99. The van der Waals surface area contributed by atoms with Crippen LogP contribution in [0.15, 0.2) is 18.3 Å². The van der Waals surface area contributed by atoms with Crippen molar-refractivity contribution in [2.24, 2.45) is 5.73 Å². The van der Waals surface area contributed by atoms with Crippen molar-refractivity contribution < 1.29 is 0 Å². The maximum absolute atomic E-state index is 6.90. The van der Waals surface area contributed by atoms with Gasteiger partial charge >= 0.3 is 0 Å². The first-order valence-corrected chi connectivity index (χ1v) is 3.17. The number of guanidine groups is 1. The van der Waals surface area contributed by atoms with Crippen molar-refractivity contribution in [2.75, 3.05) is 0 Å². The molecule has 0 bridgehead atoms. The molecule has 1 heterocycles. The minimum Gasteiger partial charge on any atom is -0.368 e. The van der Waals surface area contributed by atoms with Gasteiger partial charge in [0.1, 0.15) is 0 Å². The average molecular weight is 149 g/mol. The number of hydrogen-bond donors (Lipinski definition) is 2. The number of nitrogens with zero attached hydrogens (tertiary/aromatic N) is 2. The standard InChI is InChI=1S/C7H9N4/c1-5-3-2-4-10-6(5)11-7(8)9/h2-4H,1H3,(H3,8,9). The molecule has 1 radical (unpaired) electrons. The van der Waals surface area contributed by atoms with Gasteiger partial charge in [-0.3, -0.25) is 5.41 Å². The molecule has 0 atom stereocenters. The quantitative estimate of drug-likeness (QED) is 0.451. The smallest absolute Gasteiger partial charge is 0.214 e. The molecule has 0 amide bonds. The first-order chi connectivity index (χ1) is 5.20. The van der Waals surface area contributed by atoms with Gasteiger partial charge in [-0.05, 0) is 18.6 Å². The topological polar surface area (TPSA) is 76.9 Å². The normalized spacial score (nSPS) is 9.18. The van der Waals surface area contributed by atoms with E-state index >= 15 is 0 Å². The number of rotatable bonds is 1. The van der Waals surface area contributed by atoms with Crippen LogP contribution in [0.2, 0.25) is 0 Å². The maximum Gasteiger partial charge on any atom is 0.214 e. The van der Waals surface area contributed by atoms with E-state index in [2.05, 4.69) is 10.3 Å². The molecule has 0 fully saturated rings. The summed E-state index contributed by atoms with van der Waals surface area (Å²) in [6.45, 7) is 1.87. The number of nitrogens with two attached hydrogens (primary N) is 1. The maximum atomic E-state index is 6.90. The molecule has 1 rings (SSSR count). The van der Waals surface area contributed by atoms with Crippen LogP contribution in [0.4, 0.5) is 5.82 Å². The van der Waals surface area contributed by atoms with Gasteiger partial charge in [0.25, 0.3) is 0 Å². The minimum absolute atomic E-state index is 0.216. The number of aryl methyl sites for hydroxylation is 1. The SMILES string of the molecule is Cc1cccnc1[N]C(=N)N. The third-order valence-corrected chi connectivity index (χ3v) is 1.21. The summed E-state index contributed by atoms with van der Waals surface area (Å²) >= 11 is 0. The molecule has 0 unspecified atom stereocenters. The van der Waals surface area contributed by atoms with Crippen molar-refractivity contribution in [1.29, 1.82) is 5.41 Å². The summed E-state index contributed by atoms with van der Waals surface area (Å²) in [5.41, 5.74) is 5.99. The molecular weight excluding hydrogens is 140 g/mol. The van der Waals surface area contributed by atoms with Crippen LogP contribution >= 0.6 is 0 Å². The molecule has 0 aliphatic rings. The summed E-state index contributed by atoms with van der Waals surface area (Å²) in [6, 6.07) is 3.68. The minimum atomic E-state index is -0.216. The Bertz CT molecular complexity index is 269. The number of aromatic nitrogens is 1. The molecular formula is C7H9N4. The number of pyridine rings is 1. The Balaban J connectivity index is 2.86. The predicted molar refractivity (Wildman–Crippen MR) is 42.7 cm³/mol. The highest BCUT2D eigenvalue weighted by atomic mass is 15.1. The molecule has 0 aromatic carbocycles. The lowest BCUT2D eigenvalue weighted by Crippen LogP contribution is -2.20. The fourth-order valence-electron chi connectivity index (χ4n) is 0.708. The summed E-state index contributed by atoms with van der Waals surface area (Å²) in [5, 5.41) is 10.6. The van der Waals surface area contributed by atoms with Gasteiger partial charge in [-0.15, -0.1) is 0 Å². The average Bonchev–Trinajstić information content (AvgIpc) is 1.93. The molecule has 11 heavy (non-hydrogen) atoms. The van der Waals surface area contributed by atoms with E-state index in [0.717, 1.165) is 5.56 Å². The molecule has 0 spiro atoms. The molecule has 0 aliphatic heterocycles. The van der Waals surface area contributed by atoms with Gasteiger partial charge in [-0.1, -0.05) is 6.07 Å². The Morgan fingerprint density at radius 3 is 3.00 bits per heavy atom. The van der Waals surface area contributed by atoms with Gasteiger partial charge < -0.3 is 5.73 Å². The lowest BCUT2D eigenvalue weighted by molar-refractivity contribution is 1.08. The summed E-state index contributed by atoms with van der Waals surface area (Å²) in [5.74, 6) is 0.298. The predicted octanol–water partition coefficient (Wildman–Crippen LogP) is 0.519. The van der Waals surface area contributed by atoms with Gasteiger partial charge in [0.2, 0.25) is 5.96 Å². The second kappa shape index (κ2) is 3.01. The second-order valence-electron chi connectivity index (χ2n) is 2.14. The second-order valence-corrected chi connectivity index (χ2v) is 2.14. The Kier molecular flexibility index (Phi) is 2.06. The summed E-state index contributed by atoms with van der Waals surface area (Å²) in [4.78, 5) is 3.93. The van der Waals surface area contributed by atoms with Crippen molar-refractivity contribution in [3.8, 4) is 0 Å². The van der Waals surface area contributed by atoms with E-state index in [9.17, 15) is 0 Å². The van der Waals surface area contributed by atoms with Gasteiger partial charge in [0.05, 0.1) is 0 Å². The lowest BCUT2D eigenvalue weighted by Gasteiger charge is -2.00. The van der Waals surface area contributed by atoms with Crippen LogP contribution in [-0.2, 0) is 0 Å². The van der Waals surface area contributed by atoms with Crippen LogP contribution in [0.3, 0.4) is 0 Å². The summed E-state index contributed by atoms with van der Waals surface area (Å²) < 4.78 is 0. The van der Waals surface area contributed by atoms with E-state index in [4.69, 9.17) is 11.1 Å². The Morgan fingerprint density at radius 1 is 1.73 bits per heavy atom. The summed E-state index contributed by atoms with van der Waals surface area (Å²) in [7, 11) is 0. The zero-order chi connectivity index (χ0) is 8.27. The van der Waals surface area contributed by atoms with E-state index in [0.29, 0.717) is 5.82 Å². The van der Waals surface area contributed by atoms with Crippen LogP contribution in [-0.4, -0.2) is 10.9 Å². The van der Waals surface area contributed by atoms with E-state index in [1.54, 1.807) is 6.20 Å². The molecule has 0 saturated carbocycles. The number of hydrogen-bond acceptors (Lipinski definition) is 2. The zero-order valence-corrected chi connectivity index (χ0v) is 6.20. The summed E-state index contributed by atoms with van der Waals surface area (Å²) in [6.07, 6.45) is 1.62. The lowest BCUT2D eigenvalue weighted by atomic mass is 10.3. The van der Waals surface area contributed by atoms with Crippen LogP contribution in [0.25, 0.3) is 0 Å². The molecule has 57 valence electrons. The monoisotopic (exact) mass is 149 g/mol. The van der Waals surface area contributed by atoms with Gasteiger partial charge in [0.15, 0.2) is 5.82 Å². The molecule has 0 aliphatic carbocycles.